The van der Waals surface area contributed by atoms with Crippen LogP contribution in [0, 0.1) is 5.92 Å². The van der Waals surface area contributed by atoms with E-state index < -0.39 is 0 Å². The summed E-state index contributed by atoms with van der Waals surface area (Å²) in [6.07, 6.45) is 7.34. The number of hydrogen-bond donors (Lipinski definition) is 0. The first kappa shape index (κ1) is 24.2. The zero-order chi connectivity index (χ0) is 24.9. The number of hydrogen-bond acceptors (Lipinski definition) is 2. The second-order valence-corrected chi connectivity index (χ2v) is 8.91. The molecular formula is C32H33N2O+. The predicted molar refractivity (Wildman–Crippen MR) is 151 cm³/mol. The van der Waals surface area contributed by atoms with Crippen molar-refractivity contribution >= 4 is 34.4 Å². The summed E-state index contributed by atoms with van der Waals surface area (Å²) in [6, 6.07) is 21.3. The van der Waals surface area contributed by atoms with Gasteiger partial charge in [-0.3, -0.25) is 4.99 Å². The molecule has 0 bridgehead atoms. The third kappa shape index (κ3) is 4.67. The van der Waals surface area contributed by atoms with Crippen LogP contribution in [0.1, 0.15) is 24.5 Å². The number of aliphatic imine (C=N–C) groups is 1. The molecule has 0 N–H and O–H groups in total. The van der Waals surface area contributed by atoms with Crippen LogP contribution in [0.15, 0.2) is 108 Å². The Labute approximate surface area is 208 Å². The van der Waals surface area contributed by atoms with E-state index >= 15 is 0 Å². The average molecular weight is 462 g/mol. The van der Waals surface area contributed by atoms with Crippen LogP contribution < -0.4 is 0 Å². The Morgan fingerprint density at radius 1 is 1.00 bits per heavy atom. The van der Waals surface area contributed by atoms with Crippen molar-refractivity contribution in [1.82, 2.24) is 0 Å². The predicted octanol–water partition coefficient (Wildman–Crippen LogP) is 7.84. The molecule has 0 aliphatic heterocycles. The number of aryl methyl sites for hydroxylation is 1. The molecule has 3 aromatic carbocycles. The van der Waals surface area contributed by atoms with Crippen LogP contribution in [0.5, 0.6) is 0 Å². The van der Waals surface area contributed by atoms with Gasteiger partial charge in [-0.1, -0.05) is 68.6 Å². The molecule has 0 amide bonds. The summed E-state index contributed by atoms with van der Waals surface area (Å²) >= 11 is 0. The molecule has 3 nitrogen and oxygen atoms in total. The lowest BCUT2D eigenvalue weighted by molar-refractivity contribution is -0.487. The highest BCUT2D eigenvalue weighted by atomic mass is 16.3. The van der Waals surface area contributed by atoms with Gasteiger partial charge < -0.3 is 4.42 Å². The van der Waals surface area contributed by atoms with Gasteiger partial charge in [-0.15, -0.1) is 0 Å². The molecule has 176 valence electrons. The number of benzene rings is 3. The van der Waals surface area contributed by atoms with Gasteiger partial charge in [0.05, 0.1) is 5.71 Å². The van der Waals surface area contributed by atoms with E-state index in [9.17, 15) is 0 Å². The summed E-state index contributed by atoms with van der Waals surface area (Å²) in [6.45, 7) is 18.2. The van der Waals surface area contributed by atoms with Crippen LogP contribution in [-0.4, -0.2) is 30.1 Å². The highest BCUT2D eigenvalue weighted by Gasteiger charge is 2.23. The first-order chi connectivity index (χ1) is 17.0. The van der Waals surface area contributed by atoms with E-state index in [4.69, 9.17) is 4.42 Å². The fourth-order valence-electron chi connectivity index (χ4n) is 4.86. The van der Waals surface area contributed by atoms with Gasteiger partial charge in [0.25, 0.3) is 0 Å². The Morgan fingerprint density at radius 2 is 1.74 bits per heavy atom. The fourth-order valence-corrected chi connectivity index (χ4v) is 4.86. The Bertz CT molecular complexity index is 1440. The van der Waals surface area contributed by atoms with E-state index in [0.717, 1.165) is 51.6 Å². The zero-order valence-corrected chi connectivity index (χ0v) is 20.7. The molecule has 0 aliphatic carbocycles. The monoisotopic (exact) mass is 461 g/mol. The van der Waals surface area contributed by atoms with Crippen molar-refractivity contribution in [2.75, 3.05) is 7.05 Å². The number of rotatable bonds is 10. The summed E-state index contributed by atoms with van der Waals surface area (Å²) in [7, 11) is 1.80. The quantitative estimate of drug-likeness (QED) is 0.134. The molecular weight excluding hydrogens is 428 g/mol. The molecule has 3 heteroatoms. The van der Waals surface area contributed by atoms with E-state index in [0.29, 0.717) is 5.92 Å². The van der Waals surface area contributed by atoms with Crippen molar-refractivity contribution in [2.24, 2.45) is 10.9 Å². The topological polar surface area (TPSA) is 28.5 Å². The van der Waals surface area contributed by atoms with Crippen LogP contribution in [0.25, 0.3) is 33.1 Å². The SMILES string of the molecule is C=C/C(=N/C)c1c(CCC(C)C(C=C)[N+](=C)C=C)ccc2c1oc1cc(-c3ccccc3)ccc12. The Morgan fingerprint density at radius 3 is 2.40 bits per heavy atom. The van der Waals surface area contributed by atoms with Crippen molar-refractivity contribution < 1.29 is 8.99 Å². The van der Waals surface area contributed by atoms with E-state index in [1.807, 2.05) is 22.8 Å². The highest BCUT2D eigenvalue weighted by Crippen LogP contribution is 2.36. The van der Waals surface area contributed by atoms with E-state index in [-0.39, 0.29) is 6.04 Å². The third-order valence-corrected chi connectivity index (χ3v) is 6.84. The minimum Gasteiger partial charge on any atom is -0.455 e. The van der Waals surface area contributed by atoms with Crippen molar-refractivity contribution in [3.8, 4) is 11.1 Å². The zero-order valence-electron chi connectivity index (χ0n) is 20.7. The fraction of sp³-hybridized carbons (Fsp3) is 0.188. The van der Waals surface area contributed by atoms with Crippen LogP contribution in [0.3, 0.4) is 0 Å². The first-order valence-electron chi connectivity index (χ1n) is 12.0. The lowest BCUT2D eigenvalue weighted by atomic mass is 9.90. The maximum Gasteiger partial charge on any atom is 0.178 e. The second-order valence-electron chi connectivity index (χ2n) is 8.91. The molecule has 0 aliphatic rings. The maximum absolute atomic E-state index is 6.53. The molecule has 1 aromatic heterocycles. The number of nitrogens with zero attached hydrogens (tertiary/aromatic N) is 2. The summed E-state index contributed by atoms with van der Waals surface area (Å²) < 4.78 is 8.39. The second kappa shape index (κ2) is 10.5. The smallest absolute Gasteiger partial charge is 0.178 e. The Balaban J connectivity index is 1.79. The minimum atomic E-state index is 0.126. The molecule has 35 heavy (non-hydrogen) atoms. The van der Waals surface area contributed by atoms with E-state index in [1.54, 1.807) is 13.2 Å². The molecule has 0 spiro atoms. The Kier molecular flexibility index (Phi) is 7.26. The largest absolute Gasteiger partial charge is 0.455 e. The molecule has 0 saturated heterocycles. The van der Waals surface area contributed by atoms with E-state index in [1.165, 1.54) is 11.1 Å². The van der Waals surface area contributed by atoms with Gasteiger partial charge in [-0.25, -0.2) is 4.58 Å². The van der Waals surface area contributed by atoms with Gasteiger partial charge in [0.1, 0.15) is 17.9 Å². The van der Waals surface area contributed by atoms with Crippen LogP contribution >= 0.6 is 0 Å². The molecule has 0 fully saturated rings. The summed E-state index contributed by atoms with van der Waals surface area (Å²) in [4.78, 5) is 4.53. The maximum atomic E-state index is 6.53. The number of allylic oxidation sites excluding steroid dienone is 1. The summed E-state index contributed by atoms with van der Waals surface area (Å²) in [5.74, 6) is 0.349. The standard InChI is InChI=1S/C32H33N2O/c1-7-28(33-5)31-24(16-15-22(4)29(8-2)34(6)9-3)17-20-27-26-19-18-25(21-30(26)35-32(27)31)23-13-11-10-12-14-23/h7-14,17-22,29H,1-3,6,15-16H2,4-5H3/q+1/b33-28-. The lowest BCUT2D eigenvalue weighted by Crippen LogP contribution is -2.26. The minimum absolute atomic E-state index is 0.126. The molecule has 2 unspecified atom stereocenters. The molecule has 0 saturated carbocycles. The van der Waals surface area contributed by atoms with Crippen LogP contribution in [0.4, 0.5) is 0 Å². The number of furan rings is 1. The van der Waals surface area contributed by atoms with Crippen LogP contribution in [-0.2, 0) is 6.42 Å². The van der Waals surface area contributed by atoms with Crippen molar-refractivity contribution in [1.29, 1.82) is 0 Å². The highest BCUT2D eigenvalue weighted by molar-refractivity contribution is 6.19. The van der Waals surface area contributed by atoms with Gasteiger partial charge >= 0.3 is 0 Å². The van der Waals surface area contributed by atoms with Gasteiger partial charge in [0.15, 0.2) is 12.2 Å². The normalized spacial score (nSPS) is 13.5. The molecule has 2 atom stereocenters. The van der Waals surface area contributed by atoms with Crippen LogP contribution in [0.2, 0.25) is 0 Å². The molecule has 4 aromatic rings. The van der Waals surface area contributed by atoms with Crippen molar-refractivity contribution in [3.05, 3.63) is 110 Å². The molecule has 1 heterocycles. The van der Waals surface area contributed by atoms with Crippen molar-refractivity contribution in [2.45, 2.75) is 25.8 Å². The van der Waals surface area contributed by atoms with Gasteiger partial charge in [0, 0.05) is 29.3 Å². The number of fused-ring (bicyclic) bond motifs is 3. The Hall–Kier alpha value is -3.98. The average Bonchev–Trinajstić information content (AvgIpc) is 3.27. The summed E-state index contributed by atoms with van der Waals surface area (Å²) in [5, 5.41) is 2.19. The molecule has 0 radical (unpaired) electrons. The first-order valence-corrected chi connectivity index (χ1v) is 12.0. The summed E-state index contributed by atoms with van der Waals surface area (Å²) in [5.41, 5.74) is 7.10. The lowest BCUT2D eigenvalue weighted by Gasteiger charge is -2.17. The van der Waals surface area contributed by atoms with Gasteiger partial charge in [-0.05, 0) is 60.4 Å². The van der Waals surface area contributed by atoms with Crippen molar-refractivity contribution in [3.63, 3.8) is 0 Å². The van der Waals surface area contributed by atoms with E-state index in [2.05, 4.69) is 93.0 Å². The van der Waals surface area contributed by atoms with Gasteiger partial charge in [-0.2, -0.15) is 0 Å². The third-order valence-electron chi connectivity index (χ3n) is 6.84. The molecule has 4 rings (SSSR count). The van der Waals surface area contributed by atoms with Gasteiger partial charge in [0.2, 0.25) is 0 Å².